The molecule has 4 heteroatoms. The van der Waals surface area contributed by atoms with Gasteiger partial charge in [-0.25, -0.2) is 0 Å². The van der Waals surface area contributed by atoms with Crippen molar-refractivity contribution in [1.29, 1.82) is 0 Å². The van der Waals surface area contributed by atoms with E-state index in [-0.39, 0.29) is 5.54 Å². The topological polar surface area (TPSA) is 29.9 Å². The number of H-pyrrole nitrogens is 1. The Hall–Kier alpha value is -0.610. The number of aromatic amines is 1. The molecule has 2 heterocycles. The summed E-state index contributed by atoms with van der Waals surface area (Å²) in [5, 5.41) is 0. The van der Waals surface area contributed by atoms with Gasteiger partial charge in [0, 0.05) is 30.6 Å². The molecule has 0 aliphatic carbocycles. The molecule has 0 atom stereocenters. The number of ether oxygens (including phenoxy) is 1. The number of nitrogens with one attached hydrogen (secondary N) is 1. The predicted octanol–water partition coefficient (Wildman–Crippen LogP) is 3.19. The molecule has 1 aromatic heterocycles. The first kappa shape index (κ1) is 11.9. The molecule has 0 bridgehead atoms. The van der Waals surface area contributed by atoms with Crippen molar-refractivity contribution >= 4 is 12.2 Å². The van der Waals surface area contributed by atoms with E-state index >= 15 is 0 Å². The van der Waals surface area contributed by atoms with Crippen molar-refractivity contribution in [3.05, 3.63) is 16.7 Å². The van der Waals surface area contributed by atoms with Crippen molar-refractivity contribution in [3.8, 4) is 0 Å². The lowest BCUT2D eigenvalue weighted by molar-refractivity contribution is 0.0275. The zero-order chi connectivity index (χ0) is 11.8. The van der Waals surface area contributed by atoms with Crippen LogP contribution in [0, 0.1) is 4.77 Å². The predicted molar refractivity (Wildman–Crippen MR) is 67.4 cm³/mol. The molecule has 0 spiro atoms. The maximum atomic E-state index is 5.45. The molecule has 1 aliphatic rings. The molecule has 1 fully saturated rings. The summed E-state index contributed by atoms with van der Waals surface area (Å²) in [6.07, 6.45) is 4.13. The number of aromatic nitrogens is 2. The van der Waals surface area contributed by atoms with E-state index in [1.165, 1.54) is 5.69 Å². The Kier molecular flexibility index (Phi) is 3.22. The molecule has 1 aromatic rings. The third-order valence-corrected chi connectivity index (χ3v) is 3.81. The van der Waals surface area contributed by atoms with Crippen LogP contribution in [0.5, 0.6) is 0 Å². The average molecular weight is 240 g/mol. The van der Waals surface area contributed by atoms with Gasteiger partial charge in [-0.05, 0) is 37.9 Å². The number of hydrogen-bond acceptors (Lipinski definition) is 2. The average Bonchev–Trinajstić information content (AvgIpc) is 2.62. The monoisotopic (exact) mass is 240 g/mol. The van der Waals surface area contributed by atoms with Gasteiger partial charge < -0.3 is 14.3 Å². The first-order valence-corrected chi connectivity index (χ1v) is 6.34. The second-order valence-corrected chi connectivity index (χ2v) is 5.50. The lowest BCUT2D eigenvalue weighted by Gasteiger charge is -2.36. The van der Waals surface area contributed by atoms with Crippen LogP contribution < -0.4 is 0 Å². The molecule has 1 saturated heterocycles. The van der Waals surface area contributed by atoms with Crippen molar-refractivity contribution in [1.82, 2.24) is 9.55 Å². The quantitative estimate of drug-likeness (QED) is 0.805. The van der Waals surface area contributed by atoms with E-state index in [1.54, 1.807) is 0 Å². The van der Waals surface area contributed by atoms with E-state index in [0.717, 1.165) is 30.8 Å². The molecule has 90 valence electrons. The third-order valence-electron chi connectivity index (χ3n) is 3.51. The van der Waals surface area contributed by atoms with Gasteiger partial charge in [-0.2, -0.15) is 0 Å². The minimum Gasteiger partial charge on any atom is -0.381 e. The second kappa shape index (κ2) is 4.34. The molecule has 0 radical (unpaired) electrons. The smallest absolute Gasteiger partial charge is 0.177 e. The summed E-state index contributed by atoms with van der Waals surface area (Å²) in [6, 6.07) is 0. The highest BCUT2D eigenvalue weighted by Gasteiger charge is 2.31. The minimum atomic E-state index is 0.120. The minimum absolute atomic E-state index is 0.120. The van der Waals surface area contributed by atoms with Crippen LogP contribution in [0.4, 0.5) is 0 Å². The van der Waals surface area contributed by atoms with E-state index < -0.39 is 0 Å². The number of hydrogen-bond donors (Lipinski definition) is 1. The Morgan fingerprint density at radius 3 is 2.62 bits per heavy atom. The SMILES string of the molecule is CC(C)c1c[nH]c(=S)n1C1(C)CCOCC1. The Labute approximate surface area is 102 Å². The Bertz CT molecular complexity index is 413. The molecule has 1 N–H and O–H groups in total. The molecule has 0 amide bonds. The molecular formula is C12H20N2OS. The van der Waals surface area contributed by atoms with Crippen molar-refractivity contribution in [2.24, 2.45) is 0 Å². The maximum Gasteiger partial charge on any atom is 0.177 e. The summed E-state index contributed by atoms with van der Waals surface area (Å²) in [5.74, 6) is 0.493. The Balaban J connectivity index is 2.45. The van der Waals surface area contributed by atoms with Gasteiger partial charge in [0.15, 0.2) is 4.77 Å². The van der Waals surface area contributed by atoms with Gasteiger partial charge in [0.1, 0.15) is 0 Å². The highest BCUT2D eigenvalue weighted by atomic mass is 32.1. The van der Waals surface area contributed by atoms with E-state index in [2.05, 4.69) is 30.3 Å². The third kappa shape index (κ3) is 1.96. The van der Waals surface area contributed by atoms with Crippen LogP contribution in [-0.4, -0.2) is 22.8 Å². The maximum absolute atomic E-state index is 5.45. The summed E-state index contributed by atoms with van der Waals surface area (Å²) >= 11 is 5.41. The van der Waals surface area contributed by atoms with Gasteiger partial charge >= 0.3 is 0 Å². The van der Waals surface area contributed by atoms with Gasteiger partial charge in [0.2, 0.25) is 0 Å². The van der Waals surface area contributed by atoms with Gasteiger partial charge in [-0.1, -0.05) is 13.8 Å². The Morgan fingerprint density at radius 2 is 2.06 bits per heavy atom. The standard InChI is InChI=1S/C12H20N2OS/c1-9(2)10-8-13-11(16)14(10)12(3)4-6-15-7-5-12/h8-9H,4-7H2,1-3H3,(H,13,16). The molecular weight excluding hydrogens is 220 g/mol. The normalized spacial score (nSPS) is 20.2. The lowest BCUT2D eigenvalue weighted by Crippen LogP contribution is -2.38. The highest BCUT2D eigenvalue weighted by molar-refractivity contribution is 7.71. The van der Waals surface area contributed by atoms with E-state index in [1.807, 2.05) is 6.20 Å². The van der Waals surface area contributed by atoms with Crippen LogP contribution in [0.1, 0.15) is 45.2 Å². The van der Waals surface area contributed by atoms with Crippen LogP contribution in [0.3, 0.4) is 0 Å². The highest BCUT2D eigenvalue weighted by Crippen LogP contribution is 2.32. The van der Waals surface area contributed by atoms with Crippen molar-refractivity contribution in [3.63, 3.8) is 0 Å². The lowest BCUT2D eigenvalue weighted by atomic mass is 9.91. The summed E-state index contributed by atoms with van der Waals surface area (Å²) < 4.78 is 8.59. The van der Waals surface area contributed by atoms with Crippen molar-refractivity contribution < 1.29 is 4.74 Å². The fraction of sp³-hybridized carbons (Fsp3) is 0.750. The Morgan fingerprint density at radius 1 is 1.44 bits per heavy atom. The fourth-order valence-corrected chi connectivity index (χ4v) is 2.78. The van der Waals surface area contributed by atoms with Gasteiger partial charge in [-0.15, -0.1) is 0 Å². The van der Waals surface area contributed by atoms with Crippen LogP contribution in [-0.2, 0) is 10.3 Å². The van der Waals surface area contributed by atoms with E-state index in [4.69, 9.17) is 17.0 Å². The first-order chi connectivity index (χ1) is 7.54. The van der Waals surface area contributed by atoms with Crippen LogP contribution >= 0.6 is 12.2 Å². The zero-order valence-electron chi connectivity index (χ0n) is 10.2. The second-order valence-electron chi connectivity index (χ2n) is 5.12. The summed E-state index contributed by atoms with van der Waals surface area (Å²) in [4.78, 5) is 3.18. The molecule has 3 nitrogen and oxygen atoms in total. The van der Waals surface area contributed by atoms with Gasteiger partial charge in [0.05, 0.1) is 0 Å². The van der Waals surface area contributed by atoms with Crippen LogP contribution in [0.15, 0.2) is 6.20 Å². The zero-order valence-corrected chi connectivity index (χ0v) is 11.1. The fourth-order valence-electron chi connectivity index (χ4n) is 2.40. The molecule has 1 aliphatic heterocycles. The van der Waals surface area contributed by atoms with Crippen molar-refractivity contribution in [2.45, 2.75) is 45.1 Å². The molecule has 0 unspecified atom stereocenters. The first-order valence-electron chi connectivity index (χ1n) is 5.93. The number of imidazole rings is 1. The summed E-state index contributed by atoms with van der Waals surface area (Å²) in [5.41, 5.74) is 1.42. The number of rotatable bonds is 2. The molecule has 0 saturated carbocycles. The molecule has 16 heavy (non-hydrogen) atoms. The summed E-state index contributed by atoms with van der Waals surface area (Å²) in [6.45, 7) is 8.36. The van der Waals surface area contributed by atoms with Crippen LogP contribution in [0.2, 0.25) is 0 Å². The van der Waals surface area contributed by atoms with Gasteiger partial charge in [-0.3, -0.25) is 0 Å². The van der Waals surface area contributed by atoms with E-state index in [0.29, 0.717) is 5.92 Å². The van der Waals surface area contributed by atoms with Gasteiger partial charge in [0.25, 0.3) is 0 Å². The van der Waals surface area contributed by atoms with E-state index in [9.17, 15) is 0 Å². The largest absolute Gasteiger partial charge is 0.381 e. The summed E-state index contributed by atoms with van der Waals surface area (Å²) in [7, 11) is 0. The molecule has 2 rings (SSSR count). The van der Waals surface area contributed by atoms with Crippen LogP contribution in [0.25, 0.3) is 0 Å². The molecule has 0 aromatic carbocycles. The number of nitrogens with zero attached hydrogens (tertiary/aromatic N) is 1. The van der Waals surface area contributed by atoms with Crippen molar-refractivity contribution in [2.75, 3.05) is 13.2 Å².